The fourth-order valence-corrected chi connectivity index (χ4v) is 6.83. The van der Waals surface area contributed by atoms with Crippen molar-refractivity contribution >= 4 is 5.69 Å². The van der Waals surface area contributed by atoms with Crippen molar-refractivity contribution in [2.24, 2.45) is 0 Å². The Labute approximate surface area is 279 Å². The van der Waals surface area contributed by atoms with Gasteiger partial charge in [0.2, 0.25) is 0 Å². The fraction of sp³-hybridized carbons (Fsp3) is 0.860. The van der Waals surface area contributed by atoms with Crippen LogP contribution in [0.5, 0.6) is 0 Å². The van der Waals surface area contributed by atoms with E-state index in [1.165, 1.54) is 230 Å². The van der Waals surface area contributed by atoms with Gasteiger partial charge in [0.25, 0.3) is 0 Å². The van der Waals surface area contributed by atoms with Crippen molar-refractivity contribution < 1.29 is 0 Å². The second kappa shape index (κ2) is 33.4. The van der Waals surface area contributed by atoms with Crippen molar-refractivity contribution in [2.75, 3.05) is 18.0 Å². The van der Waals surface area contributed by atoms with Crippen LogP contribution in [0, 0.1) is 6.92 Å². The molecule has 1 rings (SSSR count). The molecule has 0 bridgehead atoms. The van der Waals surface area contributed by atoms with Gasteiger partial charge in [-0.15, -0.1) is 0 Å². The first kappa shape index (κ1) is 41.0. The molecule has 0 heterocycles. The Morgan fingerprint density at radius 2 is 0.545 bits per heavy atom. The Bertz CT molecular complexity index is 628. The van der Waals surface area contributed by atoms with E-state index >= 15 is 0 Å². The van der Waals surface area contributed by atoms with Crippen LogP contribution in [-0.4, -0.2) is 13.1 Å². The zero-order valence-corrected chi connectivity index (χ0v) is 30.8. The normalized spacial score (nSPS) is 11.4. The molecule has 0 aliphatic heterocycles. The highest BCUT2D eigenvalue weighted by Gasteiger charge is 2.06. The molecule has 0 saturated heterocycles. The molecular weight excluding hydrogens is 530 g/mol. The van der Waals surface area contributed by atoms with Crippen LogP contribution < -0.4 is 4.90 Å². The largest absolute Gasteiger partial charge is 0.372 e. The van der Waals surface area contributed by atoms with E-state index in [9.17, 15) is 0 Å². The van der Waals surface area contributed by atoms with Gasteiger partial charge >= 0.3 is 0 Å². The Hall–Kier alpha value is -0.980. The summed E-state index contributed by atoms with van der Waals surface area (Å²) in [5, 5.41) is 0. The highest BCUT2D eigenvalue weighted by Crippen LogP contribution is 2.19. The van der Waals surface area contributed by atoms with Gasteiger partial charge in [-0.2, -0.15) is 0 Å². The molecule has 0 spiro atoms. The SMILES string of the molecule is CCCCCCCCCCCCCCCCCCN(CCCCCCCCCCCCCCCCCC)c1ccc(C)cc1. The third kappa shape index (κ3) is 27.3. The minimum Gasteiger partial charge on any atom is -0.372 e. The van der Waals surface area contributed by atoms with Gasteiger partial charge in [0.05, 0.1) is 0 Å². The van der Waals surface area contributed by atoms with Crippen LogP contribution in [0.1, 0.15) is 225 Å². The lowest BCUT2D eigenvalue weighted by molar-refractivity contribution is 0.524. The summed E-state index contributed by atoms with van der Waals surface area (Å²) in [6.07, 6.45) is 46.2. The standard InChI is InChI=1S/C43H81N/c1-4-6-8-10-12-14-16-18-20-22-24-26-28-30-32-34-40-44(43-38-36-42(3)37-39-43)41-35-33-31-29-27-25-23-21-19-17-15-13-11-9-7-5-2/h36-39H,4-35,40-41H2,1-3H3. The van der Waals surface area contributed by atoms with Crippen molar-refractivity contribution in [3.8, 4) is 0 Å². The van der Waals surface area contributed by atoms with E-state index in [-0.39, 0.29) is 0 Å². The zero-order valence-electron chi connectivity index (χ0n) is 30.8. The number of hydrogen-bond acceptors (Lipinski definition) is 1. The molecule has 0 unspecified atom stereocenters. The molecule has 0 fully saturated rings. The predicted molar refractivity (Wildman–Crippen MR) is 202 cm³/mol. The number of hydrogen-bond donors (Lipinski definition) is 0. The highest BCUT2D eigenvalue weighted by atomic mass is 15.1. The number of benzene rings is 1. The van der Waals surface area contributed by atoms with Crippen LogP contribution in [0.2, 0.25) is 0 Å². The minimum atomic E-state index is 1.24. The van der Waals surface area contributed by atoms with Gasteiger partial charge in [-0.25, -0.2) is 0 Å². The maximum Gasteiger partial charge on any atom is 0.0366 e. The molecule has 0 saturated carbocycles. The molecule has 1 heteroatoms. The van der Waals surface area contributed by atoms with Crippen LogP contribution in [0.15, 0.2) is 24.3 Å². The van der Waals surface area contributed by atoms with E-state index in [0.717, 1.165) is 0 Å². The molecule has 0 atom stereocenters. The number of unbranched alkanes of at least 4 members (excludes halogenated alkanes) is 30. The number of nitrogens with zero attached hydrogens (tertiary/aromatic N) is 1. The van der Waals surface area contributed by atoms with Gasteiger partial charge in [-0.1, -0.05) is 224 Å². The van der Waals surface area contributed by atoms with Crippen LogP contribution in [0.25, 0.3) is 0 Å². The van der Waals surface area contributed by atoms with Crippen molar-refractivity contribution in [3.05, 3.63) is 29.8 Å². The van der Waals surface area contributed by atoms with Crippen molar-refractivity contribution in [2.45, 2.75) is 226 Å². The fourth-order valence-electron chi connectivity index (χ4n) is 6.83. The van der Waals surface area contributed by atoms with Gasteiger partial charge in [0, 0.05) is 18.8 Å². The van der Waals surface area contributed by atoms with Gasteiger partial charge in [-0.3, -0.25) is 0 Å². The maximum atomic E-state index is 2.69. The Morgan fingerprint density at radius 1 is 0.318 bits per heavy atom. The summed E-state index contributed by atoms with van der Waals surface area (Å²) >= 11 is 0. The summed E-state index contributed by atoms with van der Waals surface area (Å²) in [5.41, 5.74) is 2.82. The van der Waals surface area contributed by atoms with E-state index in [2.05, 4.69) is 49.9 Å². The van der Waals surface area contributed by atoms with Crippen molar-refractivity contribution in [1.82, 2.24) is 0 Å². The van der Waals surface area contributed by atoms with E-state index in [4.69, 9.17) is 0 Å². The van der Waals surface area contributed by atoms with Crippen LogP contribution in [0.4, 0.5) is 5.69 Å². The second-order valence-electron chi connectivity index (χ2n) is 14.4. The van der Waals surface area contributed by atoms with Gasteiger partial charge in [-0.05, 0) is 31.9 Å². The zero-order chi connectivity index (χ0) is 31.6. The molecule has 0 amide bonds. The van der Waals surface area contributed by atoms with E-state index in [0.29, 0.717) is 0 Å². The van der Waals surface area contributed by atoms with Gasteiger partial charge < -0.3 is 4.90 Å². The van der Waals surface area contributed by atoms with E-state index in [1.807, 2.05) is 0 Å². The average Bonchev–Trinajstić information content (AvgIpc) is 3.03. The van der Waals surface area contributed by atoms with E-state index < -0.39 is 0 Å². The number of aryl methyl sites for hydroxylation is 1. The quantitative estimate of drug-likeness (QED) is 0.0690. The summed E-state index contributed by atoms with van der Waals surface area (Å²) in [7, 11) is 0. The molecule has 1 aromatic rings. The third-order valence-corrected chi connectivity index (χ3v) is 9.96. The van der Waals surface area contributed by atoms with Crippen LogP contribution in [0.3, 0.4) is 0 Å². The lowest BCUT2D eigenvalue weighted by Gasteiger charge is -2.25. The molecule has 44 heavy (non-hydrogen) atoms. The summed E-state index contributed by atoms with van der Waals surface area (Å²) in [4.78, 5) is 2.69. The lowest BCUT2D eigenvalue weighted by atomic mass is 10.0. The highest BCUT2D eigenvalue weighted by molar-refractivity contribution is 5.47. The van der Waals surface area contributed by atoms with Gasteiger partial charge in [0.15, 0.2) is 0 Å². The molecule has 1 aromatic carbocycles. The number of rotatable bonds is 35. The first-order chi connectivity index (χ1) is 21.8. The van der Waals surface area contributed by atoms with Crippen LogP contribution in [-0.2, 0) is 0 Å². The topological polar surface area (TPSA) is 3.24 Å². The Balaban J connectivity index is 2.01. The maximum absolute atomic E-state index is 2.69. The number of anilines is 1. The Morgan fingerprint density at radius 3 is 0.795 bits per heavy atom. The summed E-state index contributed by atoms with van der Waals surface area (Å²) < 4.78 is 0. The molecule has 0 aliphatic rings. The van der Waals surface area contributed by atoms with Crippen molar-refractivity contribution in [3.63, 3.8) is 0 Å². The second-order valence-corrected chi connectivity index (χ2v) is 14.4. The van der Waals surface area contributed by atoms with Crippen LogP contribution >= 0.6 is 0 Å². The predicted octanol–water partition coefficient (Wildman–Crippen LogP) is 15.3. The van der Waals surface area contributed by atoms with E-state index in [1.54, 1.807) is 0 Å². The first-order valence-corrected chi connectivity index (χ1v) is 20.6. The molecule has 258 valence electrons. The molecule has 0 aromatic heterocycles. The third-order valence-electron chi connectivity index (χ3n) is 9.96. The smallest absolute Gasteiger partial charge is 0.0366 e. The molecule has 0 aliphatic carbocycles. The van der Waals surface area contributed by atoms with Gasteiger partial charge in [0.1, 0.15) is 0 Å². The molecule has 0 N–H and O–H groups in total. The lowest BCUT2D eigenvalue weighted by Crippen LogP contribution is -2.25. The summed E-state index contributed by atoms with van der Waals surface area (Å²) in [6, 6.07) is 9.30. The Kier molecular flexibility index (Phi) is 31.1. The monoisotopic (exact) mass is 612 g/mol. The average molecular weight is 612 g/mol. The van der Waals surface area contributed by atoms with Crippen molar-refractivity contribution in [1.29, 1.82) is 0 Å². The summed E-state index contributed by atoms with van der Waals surface area (Å²) in [5.74, 6) is 0. The first-order valence-electron chi connectivity index (χ1n) is 20.6. The minimum absolute atomic E-state index is 1.24. The molecular formula is C43H81N. The molecule has 1 nitrogen and oxygen atoms in total. The molecule has 0 radical (unpaired) electrons. The summed E-state index contributed by atoms with van der Waals surface area (Å²) in [6.45, 7) is 9.30.